The molecule has 0 spiro atoms. The lowest BCUT2D eigenvalue weighted by Crippen LogP contribution is -2.60. The first kappa shape index (κ1) is 93.2. The summed E-state index contributed by atoms with van der Waals surface area (Å²) in [4.78, 5) is 237. The van der Waals surface area contributed by atoms with E-state index in [0.717, 1.165) is 11.8 Å². The van der Waals surface area contributed by atoms with Crippen LogP contribution in [0.15, 0.2) is 9.98 Å². The zero-order chi connectivity index (χ0) is 80.9. The normalized spacial score (nSPS) is 17.3. The summed E-state index contributed by atoms with van der Waals surface area (Å²) in [6.45, 7) is 4.50. The minimum Gasteiger partial charge on any atom is -0.481 e. The van der Waals surface area contributed by atoms with Crippen molar-refractivity contribution in [3.63, 3.8) is 0 Å². The van der Waals surface area contributed by atoms with E-state index in [1.807, 2.05) is 0 Å². The van der Waals surface area contributed by atoms with E-state index in [2.05, 4.69) is 81.1 Å². The zero-order valence-corrected chi connectivity index (χ0v) is 62.2. The summed E-state index contributed by atoms with van der Waals surface area (Å²) < 4.78 is 0. The van der Waals surface area contributed by atoms with Gasteiger partial charge in [0.15, 0.2) is 11.9 Å². The van der Waals surface area contributed by atoms with Gasteiger partial charge in [-0.05, 0) is 115 Å². The lowest BCUT2D eigenvalue weighted by atomic mass is 10.0. The molecule has 2 aliphatic rings. The Balaban J connectivity index is 2.34. The Morgan fingerprint density at radius 1 is 0.505 bits per heavy atom. The van der Waals surface area contributed by atoms with E-state index in [9.17, 15) is 96.8 Å². The minimum atomic E-state index is -1.91. The molecular formula is C62H107N23O20S2. The van der Waals surface area contributed by atoms with Crippen LogP contribution in [0.5, 0.6) is 0 Å². The van der Waals surface area contributed by atoms with E-state index in [4.69, 9.17) is 45.9 Å². The van der Waals surface area contributed by atoms with Gasteiger partial charge in [-0.3, -0.25) is 86.7 Å². The zero-order valence-electron chi connectivity index (χ0n) is 60.5. The highest BCUT2D eigenvalue weighted by atomic mass is 32.2. The number of nitrogens with two attached hydrogens (primary N) is 8. The van der Waals surface area contributed by atoms with Crippen molar-refractivity contribution < 1.29 is 96.8 Å². The van der Waals surface area contributed by atoms with Crippen molar-refractivity contribution in [1.82, 2.24) is 68.3 Å². The van der Waals surface area contributed by atoms with E-state index in [1.165, 1.54) is 37.4 Å². The number of aliphatic hydroxyl groups excluding tert-OH is 1. The lowest BCUT2D eigenvalue weighted by Gasteiger charge is -2.31. The smallest absolute Gasteiger partial charge is 0.326 e. The van der Waals surface area contributed by atoms with Gasteiger partial charge >= 0.3 is 11.9 Å². The molecule has 0 aromatic carbocycles. The molecule has 0 aromatic heterocycles. The van der Waals surface area contributed by atoms with Crippen LogP contribution in [0.4, 0.5) is 0 Å². The molecule has 30 N–H and O–H groups in total. The molecule has 0 radical (unpaired) electrons. The third-order valence-electron chi connectivity index (χ3n) is 16.8. The number of primary amides is 2. The second-order valence-electron chi connectivity index (χ2n) is 25.8. The Bertz CT molecular complexity index is 3200. The number of carboxylic acid groups (broad SMARTS) is 2. The number of hydrogen-bond donors (Lipinski definition) is 23. The average molecular weight is 1560 g/mol. The Labute approximate surface area is 626 Å². The van der Waals surface area contributed by atoms with Gasteiger partial charge in [0.05, 0.1) is 31.9 Å². The molecule has 0 aromatic rings. The van der Waals surface area contributed by atoms with Crippen molar-refractivity contribution in [3.05, 3.63) is 0 Å². The Morgan fingerprint density at radius 3 is 1.42 bits per heavy atom. The average Bonchev–Trinajstić information content (AvgIpc) is 1.74. The van der Waals surface area contributed by atoms with Gasteiger partial charge in [0.25, 0.3) is 0 Å². The van der Waals surface area contributed by atoms with Gasteiger partial charge in [-0.1, -0.05) is 13.8 Å². The third-order valence-corrected chi connectivity index (χ3v) is 17.8. The fourth-order valence-electron chi connectivity index (χ4n) is 11.0. The standard InChI is InChI=1S/C62H107N23O20S2/c1-29(2)47(57(101)74-30(3)48(92)81-38(60(104)105)25-43(65)88)83-53(97)36(26-45(90)91)80-55(99)41-16-11-22-85(41)59(103)37(24-42(64)87)75-44(89)27-73-49(93)39(28-106)82-51(95)33(14-9-20-72-62(69)70)77-54(98)40-15-10-21-84(40)58(102)35(12-6-7-18-63)79-50(94)32(13-8-19-71-61(67)68)76-52(96)34(17-23-107-5)78-56(100)46(66)31(4)86/h29-41,46-47,86,106H,6-28,63,66H2,1-5H3,(H2,64,87)(H2,65,88)(H,73,93)(H,74,101)(H,75,89)(H,76,96)(H,77,98)(H,78,100)(H,79,94)(H,80,99)(H,81,92)(H,82,95)(H,83,97)(H,90,91)(H,104,105)(H4,67,68,71)(H4,69,70,72). The summed E-state index contributed by atoms with van der Waals surface area (Å²) in [5.74, 6) is -19.1. The van der Waals surface area contributed by atoms with Crippen LogP contribution in [-0.4, -0.2) is 279 Å². The molecule has 43 nitrogen and oxygen atoms in total. The molecule has 0 bridgehead atoms. The van der Waals surface area contributed by atoms with Gasteiger partial charge in [0.2, 0.25) is 88.6 Å². The number of guanidine groups is 2. The van der Waals surface area contributed by atoms with Crippen molar-refractivity contribution in [1.29, 1.82) is 0 Å². The number of aliphatic hydroxyl groups is 1. The number of thiol groups is 1. The molecule has 2 rings (SSSR count). The number of nitrogens with zero attached hydrogens (tertiary/aromatic N) is 4. The van der Waals surface area contributed by atoms with Gasteiger partial charge in [0.1, 0.15) is 78.5 Å². The maximum Gasteiger partial charge on any atom is 0.326 e. The van der Waals surface area contributed by atoms with Crippen molar-refractivity contribution in [2.75, 3.05) is 57.0 Å². The minimum absolute atomic E-state index is 0.0115. The monoisotopic (exact) mass is 1560 g/mol. The highest BCUT2D eigenvalue weighted by Crippen LogP contribution is 2.23. The molecule has 14 atom stereocenters. The highest BCUT2D eigenvalue weighted by Gasteiger charge is 2.43. The summed E-state index contributed by atoms with van der Waals surface area (Å²) >= 11 is 5.59. The molecule has 0 saturated carbocycles. The first-order valence-electron chi connectivity index (χ1n) is 34.6. The number of amides is 15. The maximum absolute atomic E-state index is 14.7. The van der Waals surface area contributed by atoms with Crippen LogP contribution >= 0.6 is 24.4 Å². The number of carbonyl (C=O) groups excluding carboxylic acids is 15. The second kappa shape index (κ2) is 47.6. The number of nitrogens with one attached hydrogen (secondary N) is 11. The fraction of sp³-hybridized carbons (Fsp3) is 0.694. The third kappa shape index (κ3) is 33.2. The van der Waals surface area contributed by atoms with Gasteiger partial charge in [0, 0.05) is 31.9 Å². The largest absolute Gasteiger partial charge is 0.481 e. The molecule has 2 fully saturated rings. The predicted molar refractivity (Wildman–Crippen MR) is 389 cm³/mol. The number of aliphatic carboxylic acids is 2. The summed E-state index contributed by atoms with van der Waals surface area (Å²) in [5, 5.41) is 55.6. The van der Waals surface area contributed by atoms with Crippen molar-refractivity contribution in [2.24, 2.45) is 61.8 Å². The molecule has 2 saturated heterocycles. The molecule has 15 amide bonds. The van der Waals surface area contributed by atoms with Crippen LogP contribution < -0.4 is 104 Å². The lowest BCUT2D eigenvalue weighted by molar-refractivity contribution is -0.144. The van der Waals surface area contributed by atoms with Crippen molar-refractivity contribution >= 4 is 137 Å². The number of unbranched alkanes of at least 4 members (excludes halogenated alkanes) is 1. The van der Waals surface area contributed by atoms with Gasteiger partial charge in [-0.2, -0.15) is 24.4 Å². The summed E-state index contributed by atoms with van der Waals surface area (Å²) in [6, 6.07) is -19.4. The van der Waals surface area contributed by atoms with Gasteiger partial charge in [-0.25, -0.2) is 4.79 Å². The van der Waals surface area contributed by atoms with Crippen LogP contribution in [0.2, 0.25) is 0 Å². The molecule has 14 unspecified atom stereocenters. The van der Waals surface area contributed by atoms with Crippen LogP contribution in [-0.2, 0) is 81.5 Å². The first-order valence-corrected chi connectivity index (χ1v) is 36.6. The van der Waals surface area contributed by atoms with E-state index in [-0.39, 0.29) is 109 Å². The molecule has 45 heteroatoms. The summed E-state index contributed by atoms with van der Waals surface area (Å²) in [5.41, 5.74) is 44.3. The van der Waals surface area contributed by atoms with Crippen molar-refractivity contribution in [2.45, 2.75) is 209 Å². The molecule has 0 aliphatic carbocycles. The van der Waals surface area contributed by atoms with Crippen LogP contribution in [0.3, 0.4) is 0 Å². The van der Waals surface area contributed by atoms with Crippen LogP contribution in [0.1, 0.15) is 124 Å². The topological polar surface area (TPSA) is 723 Å². The SMILES string of the molecule is CSCCC(NC(=O)C(N)C(C)O)C(=O)NC(CCCN=C(N)N)C(=O)NC(CCCCN)C(=O)N1CCCC1C(=O)NC(CCCN=C(N)N)C(=O)NC(CS)C(=O)NCC(=O)NC(CC(N)=O)C(=O)N1CCCC1C(=O)NC(CC(=O)O)C(=O)NC(C(=O)NC(C)C(=O)NC(CC(N)=O)C(=O)O)C(C)C. The Hall–Kier alpha value is -9.89. The molecule has 107 heavy (non-hydrogen) atoms. The van der Waals surface area contributed by atoms with E-state index < -0.39 is 223 Å². The van der Waals surface area contributed by atoms with Crippen LogP contribution in [0, 0.1) is 5.92 Å². The first-order chi connectivity index (χ1) is 50.3. The Morgan fingerprint density at radius 2 is 0.953 bits per heavy atom. The number of thioether (sulfide) groups is 1. The quantitative estimate of drug-likeness (QED) is 0.0116. The summed E-state index contributed by atoms with van der Waals surface area (Å²) in [6.07, 6.45) is -0.995. The number of rotatable bonds is 49. The molecule has 2 aliphatic heterocycles. The molecule has 2 heterocycles. The number of carbonyl (C=O) groups is 17. The highest BCUT2D eigenvalue weighted by molar-refractivity contribution is 7.98. The van der Waals surface area contributed by atoms with E-state index in [0.29, 0.717) is 18.6 Å². The Kier molecular flexibility index (Phi) is 41.5. The summed E-state index contributed by atoms with van der Waals surface area (Å²) in [7, 11) is 0. The van der Waals surface area contributed by atoms with Crippen LogP contribution in [0.25, 0.3) is 0 Å². The molecule has 602 valence electrons. The number of likely N-dealkylation sites (tertiary alicyclic amines) is 2. The number of aliphatic imine (C=N–C) groups is 2. The second-order valence-corrected chi connectivity index (χ2v) is 27.1. The number of carboxylic acids is 2. The predicted octanol–water partition coefficient (Wildman–Crippen LogP) is -10.5. The van der Waals surface area contributed by atoms with E-state index >= 15 is 0 Å². The van der Waals surface area contributed by atoms with Gasteiger partial charge in [-0.15, -0.1) is 0 Å². The maximum atomic E-state index is 14.7. The number of hydrogen-bond acceptors (Lipinski definition) is 24. The van der Waals surface area contributed by atoms with Gasteiger partial charge < -0.3 is 129 Å². The fourth-order valence-corrected chi connectivity index (χ4v) is 11.7. The van der Waals surface area contributed by atoms with E-state index in [1.54, 1.807) is 6.26 Å². The molecular weight excluding hydrogens is 1450 g/mol. The van der Waals surface area contributed by atoms with Crippen molar-refractivity contribution in [3.8, 4) is 0 Å².